The number of carbonyl (C=O) groups excluding carboxylic acids is 2. The molecule has 0 fully saturated rings. The Morgan fingerprint density at radius 2 is 0.711 bits per heavy atom. The van der Waals surface area contributed by atoms with Gasteiger partial charge in [-0.3, -0.25) is 14.2 Å². The molecule has 0 saturated carbocycles. The fraction of sp³-hybridized carbons (Fsp3) is 0.725. The van der Waals surface area contributed by atoms with Crippen molar-refractivity contribution in [2.45, 2.75) is 335 Å². The second-order valence-corrected chi connectivity index (χ2v) is 27.5. The molecule has 0 aromatic rings. The van der Waals surface area contributed by atoms with Gasteiger partial charge < -0.3 is 28.5 Å². The zero-order chi connectivity index (χ0) is 65.6. The van der Waals surface area contributed by atoms with Crippen molar-refractivity contribution in [3.8, 4) is 0 Å². The van der Waals surface area contributed by atoms with Crippen LogP contribution in [0.25, 0.3) is 0 Å². The molecule has 0 spiro atoms. The highest BCUT2D eigenvalue weighted by Crippen LogP contribution is 2.38. The van der Waals surface area contributed by atoms with Crippen LogP contribution < -0.4 is 10.2 Å². The molecule has 0 heterocycles. The summed E-state index contributed by atoms with van der Waals surface area (Å²) in [5, 5.41) is 3.04. The average Bonchev–Trinajstić information content (AvgIpc) is 3.12. The second kappa shape index (κ2) is 68.3. The van der Waals surface area contributed by atoms with Crippen LogP contribution in [0.15, 0.2) is 122 Å². The summed E-state index contributed by atoms with van der Waals surface area (Å²) in [7, 11) is 1.17. The first-order valence-corrected chi connectivity index (χ1v) is 38.8. The number of esters is 1. The number of amides is 1. The summed E-state index contributed by atoms with van der Waals surface area (Å²) in [6, 6.07) is -0.902. The Kier molecular flexibility index (Phi) is 65.6. The average molecular weight is 1270 g/mol. The van der Waals surface area contributed by atoms with Crippen LogP contribution in [0.2, 0.25) is 0 Å². The number of hydrogen-bond donors (Lipinski definition) is 1. The summed E-state index contributed by atoms with van der Waals surface area (Å²) in [6.07, 6.45) is 96.1. The van der Waals surface area contributed by atoms with E-state index in [2.05, 4.69) is 135 Å². The van der Waals surface area contributed by atoms with E-state index in [1.807, 2.05) is 33.3 Å². The zero-order valence-electron chi connectivity index (χ0n) is 59.3. The van der Waals surface area contributed by atoms with Crippen LogP contribution in [-0.2, 0) is 27.9 Å². The molecule has 0 aromatic heterocycles. The lowest BCUT2D eigenvalue weighted by atomic mass is 10.0. The standard InChI is InChI=1S/C80H141N2O7P/c1-7-10-13-16-19-22-25-28-30-32-34-36-38-40-41-43-45-47-49-51-53-55-58-61-64-67-70-73-80(84)89-78(71-68-65-62-59-56-27-24-21-18-15-12-9-3)77(76-88-90(85,86)87-75-74-82(4,5)6)81-79(83)72-69-66-63-60-57-54-52-50-48-46-44-42-39-37-35-33-31-29-26-23-20-17-14-11-8-2/h10,13,19-20,22-23,28-31,34-37,40-41,45,47,68,71,77-78H,7-9,11-12,14-18,21,24-27,32-33,38-39,42-44,46,48-67,69-70,72-76H2,1-6H3,(H-,81,83,85,86)/b13-10-,22-19-,23-20-,30-28-,31-29-,36-34-,37-35-,41-40-,47-45-,71-68+. The van der Waals surface area contributed by atoms with Crippen LogP contribution in [-0.4, -0.2) is 69.4 Å². The Hall–Kier alpha value is -3.59. The molecule has 0 radical (unpaired) electrons. The lowest BCUT2D eigenvalue weighted by Gasteiger charge is -2.30. The van der Waals surface area contributed by atoms with Crippen molar-refractivity contribution >= 4 is 19.7 Å². The Labute approximate surface area is 556 Å². The van der Waals surface area contributed by atoms with Crippen molar-refractivity contribution in [2.24, 2.45) is 0 Å². The minimum atomic E-state index is -4.72. The summed E-state index contributed by atoms with van der Waals surface area (Å²) < 4.78 is 30.5. The number of phosphoric ester groups is 1. The molecule has 0 aromatic carbocycles. The first-order valence-electron chi connectivity index (χ1n) is 37.3. The van der Waals surface area contributed by atoms with Crippen molar-refractivity contribution in [3.05, 3.63) is 122 Å². The number of unbranched alkanes of at least 4 members (excludes halogenated alkanes) is 33. The van der Waals surface area contributed by atoms with Gasteiger partial charge >= 0.3 is 5.97 Å². The smallest absolute Gasteiger partial charge is 0.306 e. The van der Waals surface area contributed by atoms with Crippen molar-refractivity contribution < 1.29 is 37.3 Å². The molecular formula is C80H141N2O7P. The fourth-order valence-electron chi connectivity index (χ4n) is 10.4. The van der Waals surface area contributed by atoms with Crippen molar-refractivity contribution in [1.29, 1.82) is 0 Å². The molecule has 0 aliphatic carbocycles. The second-order valence-electron chi connectivity index (χ2n) is 26.1. The number of nitrogens with one attached hydrogen (secondary N) is 1. The third-order valence-electron chi connectivity index (χ3n) is 16.1. The minimum absolute atomic E-state index is 0.0291. The third-order valence-corrected chi connectivity index (χ3v) is 17.1. The van der Waals surface area contributed by atoms with E-state index in [0.717, 1.165) is 128 Å². The molecule has 0 aliphatic heterocycles. The van der Waals surface area contributed by atoms with Crippen LogP contribution in [0.4, 0.5) is 0 Å². The maximum atomic E-state index is 13.6. The molecule has 3 atom stereocenters. The largest absolute Gasteiger partial charge is 0.756 e. The summed E-state index contributed by atoms with van der Waals surface area (Å²) in [5.41, 5.74) is 0. The van der Waals surface area contributed by atoms with Crippen LogP contribution in [0.1, 0.15) is 323 Å². The maximum Gasteiger partial charge on any atom is 0.306 e. The molecule has 90 heavy (non-hydrogen) atoms. The van der Waals surface area contributed by atoms with Crippen molar-refractivity contribution in [1.82, 2.24) is 5.32 Å². The van der Waals surface area contributed by atoms with Crippen molar-refractivity contribution in [3.63, 3.8) is 0 Å². The molecule has 3 unspecified atom stereocenters. The van der Waals surface area contributed by atoms with Crippen LogP contribution in [0.5, 0.6) is 0 Å². The molecule has 0 saturated heterocycles. The first-order chi connectivity index (χ1) is 43.9. The van der Waals surface area contributed by atoms with E-state index in [9.17, 15) is 19.0 Å². The van der Waals surface area contributed by atoms with Gasteiger partial charge in [0.15, 0.2) is 0 Å². The highest BCUT2D eigenvalue weighted by molar-refractivity contribution is 7.45. The summed E-state index contributed by atoms with van der Waals surface area (Å²) in [6.45, 7) is 6.71. The van der Waals surface area contributed by atoms with Gasteiger partial charge in [0.05, 0.1) is 33.8 Å². The Morgan fingerprint density at radius 1 is 0.400 bits per heavy atom. The van der Waals surface area contributed by atoms with Gasteiger partial charge in [0, 0.05) is 12.8 Å². The number of rotatable bonds is 67. The van der Waals surface area contributed by atoms with Crippen LogP contribution >= 0.6 is 7.82 Å². The van der Waals surface area contributed by atoms with E-state index in [1.54, 1.807) is 0 Å². The number of hydrogen-bond acceptors (Lipinski definition) is 7. The number of nitrogens with zero attached hydrogens (tertiary/aromatic N) is 1. The van der Waals surface area contributed by atoms with E-state index in [1.165, 1.54) is 161 Å². The first kappa shape index (κ1) is 86.4. The predicted molar refractivity (Wildman–Crippen MR) is 390 cm³/mol. The molecule has 0 rings (SSSR count). The topological polar surface area (TPSA) is 114 Å². The molecule has 1 amide bonds. The monoisotopic (exact) mass is 1270 g/mol. The Morgan fingerprint density at radius 3 is 1.09 bits per heavy atom. The van der Waals surface area contributed by atoms with Gasteiger partial charge in [-0.25, -0.2) is 0 Å². The van der Waals surface area contributed by atoms with E-state index in [-0.39, 0.29) is 24.9 Å². The Bertz CT molecular complexity index is 1960. The van der Waals surface area contributed by atoms with Gasteiger partial charge in [0.25, 0.3) is 7.82 Å². The lowest BCUT2D eigenvalue weighted by molar-refractivity contribution is -0.870. The highest BCUT2D eigenvalue weighted by atomic mass is 31.2. The van der Waals surface area contributed by atoms with Gasteiger partial charge in [-0.15, -0.1) is 0 Å². The quantitative estimate of drug-likeness (QED) is 0.0212. The van der Waals surface area contributed by atoms with Gasteiger partial charge in [-0.2, -0.15) is 0 Å². The van der Waals surface area contributed by atoms with E-state index >= 15 is 0 Å². The minimum Gasteiger partial charge on any atom is -0.756 e. The van der Waals surface area contributed by atoms with Crippen LogP contribution in [0.3, 0.4) is 0 Å². The van der Waals surface area contributed by atoms with E-state index in [4.69, 9.17) is 13.8 Å². The number of phosphoric acid groups is 1. The molecular weight excluding hydrogens is 1130 g/mol. The molecule has 518 valence electrons. The maximum absolute atomic E-state index is 13.6. The fourth-order valence-corrected chi connectivity index (χ4v) is 11.1. The normalized spacial score (nSPS) is 14.2. The van der Waals surface area contributed by atoms with Gasteiger partial charge in [0.2, 0.25) is 5.91 Å². The van der Waals surface area contributed by atoms with Crippen molar-refractivity contribution in [2.75, 3.05) is 40.9 Å². The van der Waals surface area contributed by atoms with Crippen LogP contribution in [0, 0.1) is 0 Å². The summed E-state index contributed by atoms with van der Waals surface area (Å²) >= 11 is 0. The Balaban J connectivity index is 5.05. The number of allylic oxidation sites excluding steroid dienone is 19. The summed E-state index contributed by atoms with van der Waals surface area (Å²) in [5.74, 6) is -0.551. The zero-order valence-corrected chi connectivity index (χ0v) is 60.2. The number of likely N-dealkylation sites (N-methyl/N-ethyl adjacent to an activating group) is 1. The molecule has 0 bridgehead atoms. The molecule has 0 aliphatic rings. The SMILES string of the molecule is CC/C=C\C/C=C\C/C=C\C/C=C\C/C=C\C/C=C\CCCCCCCCCCC(=O)OC(/C=C/CCCCCCCCCCCC)C(COP(=O)([O-])OCC[N+](C)(C)C)NC(=O)CCCCCCCCCCCCCC/C=C\C/C=C\C/C=C\CCCCC. The third kappa shape index (κ3) is 68.8. The number of ether oxygens (including phenoxy) is 1. The van der Waals surface area contributed by atoms with Gasteiger partial charge in [-0.1, -0.05) is 310 Å². The lowest BCUT2D eigenvalue weighted by Crippen LogP contribution is -2.47. The molecule has 10 heteroatoms. The highest BCUT2D eigenvalue weighted by Gasteiger charge is 2.27. The predicted octanol–water partition coefficient (Wildman–Crippen LogP) is 23.5. The van der Waals surface area contributed by atoms with E-state index in [0.29, 0.717) is 17.4 Å². The van der Waals surface area contributed by atoms with E-state index < -0.39 is 26.6 Å². The number of carbonyl (C=O) groups is 2. The van der Waals surface area contributed by atoms with Gasteiger partial charge in [-0.05, 0) is 122 Å². The number of quaternary nitrogens is 1. The molecule has 9 nitrogen and oxygen atoms in total. The summed E-state index contributed by atoms with van der Waals surface area (Å²) in [4.78, 5) is 40.3. The molecule has 1 N–H and O–H groups in total. The van der Waals surface area contributed by atoms with Gasteiger partial charge in [0.1, 0.15) is 19.3 Å².